The first-order valence-corrected chi connectivity index (χ1v) is 5.70. The molecule has 0 saturated heterocycles. The van der Waals surface area contributed by atoms with Gasteiger partial charge in [-0.3, -0.25) is 0 Å². The van der Waals surface area contributed by atoms with Crippen LogP contribution in [0.2, 0.25) is 0 Å². The topological polar surface area (TPSA) is 26.3 Å². The van der Waals surface area contributed by atoms with Gasteiger partial charge in [-0.15, -0.1) is 0 Å². The number of carbonyl (C=O) groups excluding carboxylic acids is 1. The van der Waals surface area contributed by atoms with Gasteiger partial charge >= 0.3 is 5.97 Å². The molecule has 0 aliphatic rings. The summed E-state index contributed by atoms with van der Waals surface area (Å²) in [5.74, 6) is 0.246. The largest absolute Gasteiger partial charge is 0.423 e. The fraction of sp³-hybridized carbons (Fsp3) is 0.400. The van der Waals surface area contributed by atoms with Gasteiger partial charge in [0.05, 0.1) is 0 Å². The van der Waals surface area contributed by atoms with Gasteiger partial charge in [0.25, 0.3) is 0 Å². The molecule has 0 bridgehead atoms. The molecule has 0 radical (unpaired) electrons. The third kappa shape index (κ3) is 3.45. The van der Waals surface area contributed by atoms with Crippen molar-refractivity contribution in [3.05, 3.63) is 41.5 Å². The standard InChI is InChI=1S/C15H20O2/c1-10(2)14(16)17-13-8-7-11(3)9-12(13)15(4,5)6/h7-9H,1H2,2-6H3. The van der Waals surface area contributed by atoms with E-state index in [1.807, 2.05) is 19.1 Å². The SMILES string of the molecule is C=C(C)C(=O)Oc1ccc(C)cc1C(C)(C)C. The predicted octanol–water partition coefficient (Wildman–Crippen LogP) is 3.77. The van der Waals surface area contributed by atoms with E-state index in [-0.39, 0.29) is 11.4 Å². The molecule has 0 heterocycles. The zero-order chi connectivity index (χ0) is 13.2. The van der Waals surface area contributed by atoms with Crippen molar-refractivity contribution >= 4 is 5.97 Å². The number of aryl methyl sites for hydroxylation is 1. The van der Waals surface area contributed by atoms with Gasteiger partial charge in [-0.05, 0) is 25.3 Å². The van der Waals surface area contributed by atoms with Crippen molar-refractivity contribution in [2.24, 2.45) is 0 Å². The number of carbonyl (C=O) groups is 1. The van der Waals surface area contributed by atoms with Crippen LogP contribution in [0.25, 0.3) is 0 Å². The van der Waals surface area contributed by atoms with Crippen LogP contribution in [-0.2, 0) is 10.2 Å². The Kier molecular flexibility index (Phi) is 3.76. The lowest BCUT2D eigenvalue weighted by molar-refractivity contribution is -0.130. The molecule has 1 aromatic carbocycles. The molecular formula is C15H20O2. The Morgan fingerprint density at radius 1 is 1.29 bits per heavy atom. The Hall–Kier alpha value is -1.57. The Morgan fingerprint density at radius 2 is 1.88 bits per heavy atom. The first-order valence-electron chi connectivity index (χ1n) is 5.70. The summed E-state index contributed by atoms with van der Waals surface area (Å²) in [4.78, 5) is 11.6. The molecule has 0 saturated carbocycles. The lowest BCUT2D eigenvalue weighted by Gasteiger charge is -2.22. The fourth-order valence-corrected chi connectivity index (χ4v) is 1.51. The molecule has 17 heavy (non-hydrogen) atoms. The molecule has 0 N–H and O–H groups in total. The fourth-order valence-electron chi connectivity index (χ4n) is 1.51. The molecule has 0 aliphatic carbocycles. The monoisotopic (exact) mass is 232 g/mol. The van der Waals surface area contributed by atoms with Gasteiger partial charge in [0.2, 0.25) is 0 Å². The smallest absolute Gasteiger partial charge is 0.338 e. The van der Waals surface area contributed by atoms with E-state index in [4.69, 9.17) is 4.74 Å². The van der Waals surface area contributed by atoms with E-state index < -0.39 is 0 Å². The summed E-state index contributed by atoms with van der Waals surface area (Å²) in [6, 6.07) is 5.84. The normalized spacial score (nSPS) is 11.1. The highest BCUT2D eigenvalue weighted by atomic mass is 16.5. The van der Waals surface area contributed by atoms with E-state index in [0.717, 1.165) is 11.1 Å². The zero-order valence-corrected chi connectivity index (χ0v) is 11.3. The molecule has 0 spiro atoms. The van der Waals surface area contributed by atoms with Gasteiger partial charge in [0.1, 0.15) is 5.75 Å². The quantitative estimate of drug-likeness (QED) is 0.441. The summed E-state index contributed by atoms with van der Waals surface area (Å²) in [7, 11) is 0. The molecule has 1 aromatic rings. The van der Waals surface area contributed by atoms with Crippen molar-refractivity contribution in [1.82, 2.24) is 0 Å². The van der Waals surface area contributed by atoms with E-state index in [1.165, 1.54) is 0 Å². The first-order chi connectivity index (χ1) is 7.71. The van der Waals surface area contributed by atoms with Crippen LogP contribution in [0.5, 0.6) is 5.75 Å². The third-order valence-electron chi connectivity index (χ3n) is 2.49. The first kappa shape index (κ1) is 13.5. The van der Waals surface area contributed by atoms with E-state index >= 15 is 0 Å². The Bertz CT molecular complexity index is 450. The second-order valence-electron chi connectivity index (χ2n) is 5.42. The van der Waals surface area contributed by atoms with Crippen LogP contribution in [-0.4, -0.2) is 5.97 Å². The van der Waals surface area contributed by atoms with Crippen molar-refractivity contribution in [2.45, 2.75) is 40.0 Å². The average molecular weight is 232 g/mol. The van der Waals surface area contributed by atoms with Crippen molar-refractivity contribution < 1.29 is 9.53 Å². The summed E-state index contributed by atoms with van der Waals surface area (Å²) in [5, 5.41) is 0. The average Bonchev–Trinajstić information content (AvgIpc) is 2.18. The van der Waals surface area contributed by atoms with Gasteiger partial charge in [-0.25, -0.2) is 4.79 Å². The van der Waals surface area contributed by atoms with Gasteiger partial charge in [0, 0.05) is 11.1 Å². The number of hydrogen-bond donors (Lipinski definition) is 0. The number of benzene rings is 1. The van der Waals surface area contributed by atoms with Crippen LogP contribution in [0.4, 0.5) is 0 Å². The predicted molar refractivity (Wildman–Crippen MR) is 70.3 cm³/mol. The van der Waals surface area contributed by atoms with Crippen LogP contribution >= 0.6 is 0 Å². The summed E-state index contributed by atoms with van der Waals surface area (Å²) in [5.41, 5.74) is 2.54. The number of ether oxygens (including phenoxy) is 1. The number of esters is 1. The summed E-state index contributed by atoms with van der Waals surface area (Å²) in [6.45, 7) is 13.6. The van der Waals surface area contributed by atoms with Gasteiger partial charge in [-0.2, -0.15) is 0 Å². The van der Waals surface area contributed by atoms with E-state index in [2.05, 4.69) is 33.4 Å². The maximum Gasteiger partial charge on any atom is 0.338 e. The minimum Gasteiger partial charge on any atom is -0.423 e. The number of hydrogen-bond acceptors (Lipinski definition) is 2. The van der Waals surface area contributed by atoms with Crippen LogP contribution in [0.15, 0.2) is 30.4 Å². The maximum atomic E-state index is 11.6. The third-order valence-corrected chi connectivity index (χ3v) is 2.49. The molecule has 0 amide bonds. The van der Waals surface area contributed by atoms with Crippen LogP contribution in [0.3, 0.4) is 0 Å². The lowest BCUT2D eigenvalue weighted by atomic mass is 9.85. The second-order valence-corrected chi connectivity index (χ2v) is 5.42. The maximum absolute atomic E-state index is 11.6. The van der Waals surface area contributed by atoms with E-state index in [9.17, 15) is 4.79 Å². The Balaban J connectivity index is 3.16. The molecule has 0 atom stereocenters. The van der Waals surface area contributed by atoms with Gasteiger partial charge < -0.3 is 4.74 Å². The molecule has 0 aliphatic heterocycles. The second kappa shape index (κ2) is 4.74. The minimum atomic E-state index is -0.376. The summed E-state index contributed by atoms with van der Waals surface area (Å²) >= 11 is 0. The molecule has 0 fully saturated rings. The molecule has 0 unspecified atom stereocenters. The highest BCUT2D eigenvalue weighted by molar-refractivity contribution is 5.89. The van der Waals surface area contributed by atoms with Crippen molar-refractivity contribution in [2.75, 3.05) is 0 Å². The molecular weight excluding hydrogens is 212 g/mol. The van der Waals surface area contributed by atoms with Crippen molar-refractivity contribution in [3.63, 3.8) is 0 Å². The zero-order valence-electron chi connectivity index (χ0n) is 11.3. The number of rotatable bonds is 2. The van der Waals surface area contributed by atoms with Crippen molar-refractivity contribution in [3.8, 4) is 5.75 Å². The van der Waals surface area contributed by atoms with Crippen LogP contribution < -0.4 is 4.74 Å². The van der Waals surface area contributed by atoms with Crippen LogP contribution in [0, 0.1) is 6.92 Å². The Labute approximate surface area is 103 Å². The summed E-state index contributed by atoms with van der Waals surface area (Å²) in [6.07, 6.45) is 0. The lowest BCUT2D eigenvalue weighted by Crippen LogP contribution is -2.16. The summed E-state index contributed by atoms with van der Waals surface area (Å²) < 4.78 is 5.35. The van der Waals surface area contributed by atoms with Gasteiger partial charge in [-0.1, -0.05) is 45.0 Å². The highest BCUT2D eigenvalue weighted by Crippen LogP contribution is 2.32. The van der Waals surface area contributed by atoms with Crippen molar-refractivity contribution in [1.29, 1.82) is 0 Å². The minimum absolute atomic E-state index is 0.0588. The van der Waals surface area contributed by atoms with Gasteiger partial charge in [0.15, 0.2) is 0 Å². The van der Waals surface area contributed by atoms with E-state index in [1.54, 1.807) is 6.92 Å². The molecule has 1 rings (SSSR count). The molecule has 2 heteroatoms. The molecule has 2 nitrogen and oxygen atoms in total. The molecule has 0 aromatic heterocycles. The Morgan fingerprint density at radius 3 is 2.35 bits per heavy atom. The van der Waals surface area contributed by atoms with Crippen LogP contribution in [0.1, 0.15) is 38.8 Å². The van der Waals surface area contributed by atoms with E-state index in [0.29, 0.717) is 11.3 Å². The molecule has 92 valence electrons. The highest BCUT2D eigenvalue weighted by Gasteiger charge is 2.20.